The minimum Gasteiger partial charge on any atom is -0.456 e. The smallest absolute Gasteiger partial charge is 0.456 e. The van der Waals surface area contributed by atoms with Gasteiger partial charge in [-0.1, -0.05) is 61.1 Å². The van der Waals surface area contributed by atoms with E-state index in [1.807, 2.05) is 0 Å². The number of carbonyl (C=O) groups excluding carboxylic acids is 1. The highest BCUT2D eigenvalue weighted by molar-refractivity contribution is 7.93. The van der Waals surface area contributed by atoms with Crippen LogP contribution in [0.25, 0.3) is 33.5 Å². The Bertz CT molecular complexity index is 1990. The molecule has 0 radical (unpaired) electrons. The van der Waals surface area contributed by atoms with Gasteiger partial charge in [0.15, 0.2) is 11.8 Å². The van der Waals surface area contributed by atoms with E-state index < -0.39 is 55.0 Å². The number of halogens is 4. The van der Waals surface area contributed by atoms with Crippen LogP contribution in [0.1, 0.15) is 0 Å². The summed E-state index contributed by atoms with van der Waals surface area (Å²) >= 11 is 6.72. The molecule has 17 heteroatoms. The van der Waals surface area contributed by atoms with Gasteiger partial charge in [0, 0.05) is 32.1 Å². The van der Waals surface area contributed by atoms with Gasteiger partial charge < -0.3 is 24.1 Å². The third-order valence-corrected chi connectivity index (χ3v) is 11.5. The number of nitrogens with zero attached hydrogens (tertiary/aromatic N) is 4. The summed E-state index contributed by atoms with van der Waals surface area (Å²) < 4.78 is 79.7. The van der Waals surface area contributed by atoms with Crippen LogP contribution in [0.4, 0.5) is 13.2 Å². The van der Waals surface area contributed by atoms with Crippen LogP contribution in [0, 0.1) is 0 Å². The number of benzene rings is 2. The molecule has 262 valence electrons. The molecule has 1 amide bonds. The molecule has 2 saturated heterocycles. The quantitative estimate of drug-likeness (QED) is 0.169. The van der Waals surface area contributed by atoms with Crippen LogP contribution in [0.5, 0.6) is 6.01 Å². The fourth-order valence-electron chi connectivity index (χ4n) is 5.56. The Hall–Kier alpha value is -3.38. The van der Waals surface area contributed by atoms with Gasteiger partial charge in [-0.05, 0) is 35.4 Å². The molecule has 2 aromatic carbocycles. The Morgan fingerprint density at radius 2 is 1.80 bits per heavy atom. The summed E-state index contributed by atoms with van der Waals surface area (Å²) in [5, 5.41) is 10.5. The van der Waals surface area contributed by atoms with Crippen molar-refractivity contribution in [1.82, 2.24) is 14.5 Å². The van der Waals surface area contributed by atoms with E-state index in [-0.39, 0.29) is 30.9 Å². The number of amides is 1. The molecule has 2 aliphatic heterocycles. The lowest BCUT2D eigenvalue weighted by Crippen LogP contribution is -2.35. The van der Waals surface area contributed by atoms with Gasteiger partial charge in [0.2, 0.25) is 0 Å². The standard InChI is InChI=1S/C32H34ClF3N4O7SSi/c1-48(43,39-30(42)32(34,35)36)21-6-4-5-20(13-21)18-7-9-19(10-8-18)26-22(33)14-23-29(38-26)40(17-44-11-12-49(2)3)31(37-23)47-25-16-46-27-24(41)15-45-28(25)27/h4-10,13-14,24-25,27-28,41,49H,11-12,15-17H2,1-3H3/t24-,25-,27-,28-,48?/m1/s1. The van der Waals surface area contributed by atoms with E-state index in [0.29, 0.717) is 45.2 Å². The second kappa shape index (κ2) is 14.1. The fraction of sp³-hybridized carbons (Fsp3) is 0.406. The maximum absolute atomic E-state index is 13.0. The van der Waals surface area contributed by atoms with Crippen molar-refractivity contribution in [3.63, 3.8) is 0 Å². The summed E-state index contributed by atoms with van der Waals surface area (Å²) in [4.78, 5) is 20.9. The van der Waals surface area contributed by atoms with E-state index in [9.17, 15) is 27.3 Å². The van der Waals surface area contributed by atoms with Crippen LogP contribution in [0.2, 0.25) is 24.2 Å². The van der Waals surface area contributed by atoms with Gasteiger partial charge in [-0.15, -0.1) is 4.36 Å². The second-order valence-electron chi connectivity index (χ2n) is 12.3. The van der Waals surface area contributed by atoms with Gasteiger partial charge in [-0.25, -0.2) is 9.19 Å². The van der Waals surface area contributed by atoms with Gasteiger partial charge in [-0.3, -0.25) is 9.36 Å². The van der Waals surface area contributed by atoms with E-state index >= 15 is 0 Å². The Morgan fingerprint density at radius 1 is 1.08 bits per heavy atom. The van der Waals surface area contributed by atoms with Crippen molar-refractivity contribution < 1.29 is 46.2 Å². The molecule has 0 bridgehead atoms. The third kappa shape index (κ3) is 7.70. The maximum Gasteiger partial charge on any atom is 0.474 e. The zero-order chi connectivity index (χ0) is 35.1. The van der Waals surface area contributed by atoms with E-state index in [1.54, 1.807) is 41.0 Å². The second-order valence-corrected chi connectivity index (χ2v) is 18.4. The molecule has 49 heavy (non-hydrogen) atoms. The van der Waals surface area contributed by atoms with Gasteiger partial charge in [0.25, 0.3) is 0 Å². The molecule has 0 aliphatic carbocycles. The number of imidazole rings is 1. The predicted molar refractivity (Wildman–Crippen MR) is 179 cm³/mol. The van der Waals surface area contributed by atoms with Crippen molar-refractivity contribution in [1.29, 1.82) is 0 Å². The van der Waals surface area contributed by atoms with Crippen molar-refractivity contribution in [2.45, 2.75) is 61.4 Å². The number of aliphatic hydroxyl groups is 1. The number of ether oxygens (including phenoxy) is 4. The molecule has 2 aliphatic rings. The van der Waals surface area contributed by atoms with Crippen molar-refractivity contribution in [2.75, 3.05) is 26.1 Å². The normalized spacial score (nSPS) is 22.0. The zero-order valence-electron chi connectivity index (χ0n) is 26.7. The third-order valence-electron chi connectivity index (χ3n) is 8.20. The number of aliphatic hydroxyl groups excluding tert-OH is 1. The molecule has 6 rings (SSSR count). The molecule has 2 fully saturated rings. The number of hydrogen-bond donors (Lipinski definition) is 1. The number of aromatic nitrogens is 3. The molecule has 11 nitrogen and oxygen atoms in total. The minimum atomic E-state index is -5.22. The summed E-state index contributed by atoms with van der Waals surface area (Å²) in [5.41, 5.74) is 3.31. The average Bonchev–Trinajstić information content (AvgIpc) is 3.73. The van der Waals surface area contributed by atoms with Crippen LogP contribution >= 0.6 is 11.6 Å². The lowest BCUT2D eigenvalue weighted by Gasteiger charge is -2.18. The summed E-state index contributed by atoms with van der Waals surface area (Å²) in [7, 11) is -4.49. The number of alkyl halides is 3. The summed E-state index contributed by atoms with van der Waals surface area (Å²) in [5.74, 6) is -2.40. The Balaban J connectivity index is 1.30. The highest BCUT2D eigenvalue weighted by Crippen LogP contribution is 2.35. The first-order valence-corrected chi connectivity index (χ1v) is 20.9. The van der Waals surface area contributed by atoms with E-state index in [4.69, 9.17) is 35.5 Å². The molecule has 5 atom stereocenters. The SMILES string of the molecule is C[SiH](C)CCOCn1c(O[C@@H]2CO[C@H]3[C@@H]2OC[C@H]3O)nc2cc(Cl)c(-c3ccc(-c4cccc(S(C)(=O)=NC(=O)C(F)(F)F)c4)cc3)nc21. The van der Waals surface area contributed by atoms with Crippen molar-refractivity contribution in [3.05, 3.63) is 59.6 Å². The molecule has 2 aromatic heterocycles. The molecule has 0 spiro atoms. The van der Waals surface area contributed by atoms with E-state index in [0.717, 1.165) is 12.3 Å². The molecular weight excluding hydrogens is 705 g/mol. The van der Waals surface area contributed by atoms with Crippen molar-refractivity contribution >= 4 is 47.2 Å². The van der Waals surface area contributed by atoms with E-state index in [1.165, 1.54) is 18.2 Å². The fourth-order valence-corrected chi connectivity index (χ4v) is 7.66. The Morgan fingerprint density at radius 3 is 2.51 bits per heavy atom. The number of pyridine rings is 1. The first kappa shape index (κ1) is 35.4. The first-order valence-electron chi connectivity index (χ1n) is 15.5. The zero-order valence-corrected chi connectivity index (χ0v) is 29.5. The molecule has 4 heterocycles. The van der Waals surface area contributed by atoms with Gasteiger partial charge in [0.1, 0.15) is 30.6 Å². The largest absolute Gasteiger partial charge is 0.474 e. The number of carbonyl (C=O) groups is 1. The monoisotopic (exact) mass is 738 g/mol. The van der Waals surface area contributed by atoms with Crippen LogP contribution in [0.15, 0.2) is 63.9 Å². The summed E-state index contributed by atoms with van der Waals surface area (Å²) in [6.45, 7) is 5.57. The maximum atomic E-state index is 13.0. The lowest BCUT2D eigenvalue weighted by molar-refractivity contribution is -0.169. The van der Waals surface area contributed by atoms with Gasteiger partial charge in [0.05, 0.1) is 33.7 Å². The molecule has 0 saturated carbocycles. The van der Waals surface area contributed by atoms with Gasteiger partial charge in [-0.2, -0.15) is 18.2 Å². The molecular formula is C32H34ClF3N4O7SSi. The van der Waals surface area contributed by atoms with E-state index in [2.05, 4.69) is 22.4 Å². The van der Waals surface area contributed by atoms with Gasteiger partial charge >= 0.3 is 18.1 Å². The van der Waals surface area contributed by atoms with Crippen molar-refractivity contribution in [2.24, 2.45) is 4.36 Å². The van der Waals surface area contributed by atoms with Crippen LogP contribution in [-0.2, 0) is 35.5 Å². The summed E-state index contributed by atoms with van der Waals surface area (Å²) in [6, 6.07) is 16.1. The first-order chi connectivity index (χ1) is 23.2. The van der Waals surface area contributed by atoms with Crippen molar-refractivity contribution in [3.8, 4) is 28.4 Å². The van der Waals surface area contributed by atoms with Crippen LogP contribution in [-0.4, -0.2) is 95.2 Å². The molecule has 1 N–H and O–H groups in total. The average molecular weight is 739 g/mol. The number of hydrogen-bond acceptors (Lipinski definition) is 9. The predicted octanol–water partition coefficient (Wildman–Crippen LogP) is 5.33. The number of fused-ring (bicyclic) bond motifs is 2. The topological polar surface area (TPSA) is 134 Å². The lowest BCUT2D eigenvalue weighted by atomic mass is 10.0. The van der Waals surface area contributed by atoms with Crippen LogP contribution < -0.4 is 4.74 Å². The number of rotatable bonds is 10. The Labute approximate surface area is 287 Å². The molecule has 4 aromatic rings. The minimum absolute atomic E-state index is 0.0126. The Kier molecular flexibility index (Phi) is 10.2. The highest BCUT2D eigenvalue weighted by atomic mass is 35.5. The molecule has 1 unspecified atom stereocenters. The summed E-state index contributed by atoms with van der Waals surface area (Å²) in [6.07, 6.45) is -6.37. The highest BCUT2D eigenvalue weighted by Gasteiger charge is 2.49. The van der Waals surface area contributed by atoms with Crippen LogP contribution in [0.3, 0.4) is 0 Å².